The van der Waals surface area contributed by atoms with E-state index in [4.69, 9.17) is 4.74 Å². The van der Waals surface area contributed by atoms with Gasteiger partial charge in [0.15, 0.2) is 5.96 Å². The lowest BCUT2D eigenvalue weighted by Gasteiger charge is -2.21. The highest BCUT2D eigenvalue weighted by molar-refractivity contribution is 14.0. The number of pyridine rings is 1. The molecule has 0 saturated heterocycles. The maximum absolute atomic E-state index is 5.68. The summed E-state index contributed by atoms with van der Waals surface area (Å²) in [6, 6.07) is 4.40. The van der Waals surface area contributed by atoms with Crippen LogP contribution in [0.3, 0.4) is 0 Å². The molecule has 0 aliphatic heterocycles. The number of hydrogen-bond acceptors (Lipinski definition) is 4. The highest BCUT2D eigenvalue weighted by Crippen LogP contribution is 2.29. The van der Waals surface area contributed by atoms with Gasteiger partial charge in [-0.3, -0.25) is 4.99 Å². The Bertz CT molecular complexity index is 558. The summed E-state index contributed by atoms with van der Waals surface area (Å²) in [5, 5.41) is 6.84. The van der Waals surface area contributed by atoms with Gasteiger partial charge in [0.2, 0.25) is 5.88 Å². The van der Waals surface area contributed by atoms with Gasteiger partial charge in [-0.2, -0.15) is 0 Å². The summed E-state index contributed by atoms with van der Waals surface area (Å²) in [6.07, 6.45) is 6.78. The molecule has 0 spiro atoms. The van der Waals surface area contributed by atoms with Crippen molar-refractivity contribution in [1.29, 1.82) is 0 Å². The molecule has 0 aromatic carbocycles. The van der Waals surface area contributed by atoms with Gasteiger partial charge in [0.1, 0.15) is 0 Å². The van der Waals surface area contributed by atoms with E-state index in [0.717, 1.165) is 56.0 Å². The van der Waals surface area contributed by atoms with Gasteiger partial charge in [0, 0.05) is 31.9 Å². The van der Waals surface area contributed by atoms with Crippen molar-refractivity contribution < 1.29 is 4.74 Å². The first kappa shape index (κ1) is 24.9. The predicted octanol–water partition coefficient (Wildman–Crippen LogP) is 3.66. The molecule has 1 aromatic rings. The third-order valence-electron chi connectivity index (χ3n) is 5.03. The minimum absolute atomic E-state index is 0. The van der Waals surface area contributed by atoms with E-state index in [-0.39, 0.29) is 24.0 Å². The number of rotatable bonds is 12. The Hall–Kier alpha value is -1.09. The Morgan fingerprint density at radius 3 is 2.64 bits per heavy atom. The third-order valence-corrected chi connectivity index (χ3v) is 5.03. The fourth-order valence-electron chi connectivity index (χ4n) is 2.94. The van der Waals surface area contributed by atoms with Crippen LogP contribution in [-0.2, 0) is 6.54 Å². The van der Waals surface area contributed by atoms with E-state index in [1.165, 1.54) is 19.3 Å². The number of guanidine groups is 1. The van der Waals surface area contributed by atoms with E-state index in [9.17, 15) is 0 Å². The van der Waals surface area contributed by atoms with Gasteiger partial charge in [0.05, 0.1) is 6.61 Å². The largest absolute Gasteiger partial charge is 0.477 e. The number of aliphatic imine (C=N–C) groups is 1. The molecular weight excluding hydrogens is 465 g/mol. The topological polar surface area (TPSA) is 61.8 Å². The Balaban J connectivity index is 0.00000392. The van der Waals surface area contributed by atoms with E-state index in [1.807, 2.05) is 19.3 Å². The highest BCUT2D eigenvalue weighted by Gasteiger charge is 2.22. The van der Waals surface area contributed by atoms with Crippen molar-refractivity contribution >= 4 is 29.9 Å². The highest BCUT2D eigenvalue weighted by atomic mass is 127. The third kappa shape index (κ3) is 9.91. The van der Waals surface area contributed by atoms with Crippen molar-refractivity contribution in [3.8, 4) is 5.88 Å². The summed E-state index contributed by atoms with van der Waals surface area (Å²) in [7, 11) is 1.81. The van der Waals surface area contributed by atoms with E-state index in [0.29, 0.717) is 12.6 Å². The monoisotopic (exact) mass is 503 g/mol. The van der Waals surface area contributed by atoms with Gasteiger partial charge < -0.3 is 20.3 Å². The Kier molecular flexibility index (Phi) is 12.5. The van der Waals surface area contributed by atoms with Crippen LogP contribution in [0.5, 0.6) is 5.88 Å². The van der Waals surface area contributed by atoms with Crippen LogP contribution in [0.2, 0.25) is 0 Å². The fraction of sp³-hybridized carbons (Fsp3) is 0.714. The van der Waals surface area contributed by atoms with Gasteiger partial charge in [-0.1, -0.05) is 19.9 Å². The molecule has 1 saturated carbocycles. The van der Waals surface area contributed by atoms with Gasteiger partial charge in [0.25, 0.3) is 0 Å². The SMILES string of the molecule is CCN(CC)CCCC(C)NC(=NC)NCc1ccc(OCC2CC2)nc1.I. The van der Waals surface area contributed by atoms with Crippen LogP contribution in [0, 0.1) is 5.92 Å². The minimum atomic E-state index is 0. The second-order valence-electron chi connectivity index (χ2n) is 7.40. The number of aromatic nitrogens is 1. The molecule has 160 valence electrons. The minimum Gasteiger partial charge on any atom is -0.477 e. The summed E-state index contributed by atoms with van der Waals surface area (Å²) in [4.78, 5) is 11.2. The molecular formula is C21H38IN5O. The van der Waals surface area contributed by atoms with E-state index in [2.05, 4.69) is 52.3 Å². The molecule has 7 heteroatoms. The van der Waals surface area contributed by atoms with Crippen LogP contribution >= 0.6 is 24.0 Å². The number of nitrogens with zero attached hydrogens (tertiary/aromatic N) is 3. The quantitative estimate of drug-likeness (QED) is 0.259. The second kappa shape index (κ2) is 14.0. The first-order chi connectivity index (χ1) is 13.1. The van der Waals surface area contributed by atoms with E-state index < -0.39 is 0 Å². The summed E-state index contributed by atoms with van der Waals surface area (Å²) in [6.45, 7) is 11.6. The van der Waals surface area contributed by atoms with Crippen LogP contribution < -0.4 is 15.4 Å². The van der Waals surface area contributed by atoms with Gasteiger partial charge >= 0.3 is 0 Å². The van der Waals surface area contributed by atoms with Gasteiger partial charge in [-0.05, 0) is 63.7 Å². The van der Waals surface area contributed by atoms with Gasteiger partial charge in [-0.15, -0.1) is 24.0 Å². The molecule has 6 nitrogen and oxygen atoms in total. The van der Waals surface area contributed by atoms with Crippen molar-refractivity contribution in [2.24, 2.45) is 10.9 Å². The van der Waals surface area contributed by atoms with E-state index in [1.54, 1.807) is 0 Å². The Labute approximate surface area is 187 Å². The van der Waals surface area contributed by atoms with Gasteiger partial charge in [-0.25, -0.2) is 4.98 Å². The molecule has 1 aromatic heterocycles. The molecule has 1 aliphatic rings. The van der Waals surface area contributed by atoms with E-state index >= 15 is 0 Å². The molecule has 1 atom stereocenters. The Morgan fingerprint density at radius 2 is 2.07 bits per heavy atom. The first-order valence-electron chi connectivity index (χ1n) is 10.4. The molecule has 1 heterocycles. The molecule has 28 heavy (non-hydrogen) atoms. The molecule has 2 rings (SSSR count). The van der Waals surface area contributed by atoms with Crippen LogP contribution in [0.4, 0.5) is 0 Å². The van der Waals surface area contributed by atoms with Crippen LogP contribution in [0.15, 0.2) is 23.3 Å². The van der Waals surface area contributed by atoms with Crippen molar-refractivity contribution in [2.45, 2.75) is 59.0 Å². The van der Waals surface area contributed by atoms with Crippen molar-refractivity contribution in [3.63, 3.8) is 0 Å². The smallest absolute Gasteiger partial charge is 0.213 e. The van der Waals surface area contributed by atoms with Crippen LogP contribution in [-0.4, -0.2) is 55.2 Å². The number of hydrogen-bond donors (Lipinski definition) is 2. The zero-order chi connectivity index (χ0) is 19.5. The molecule has 0 amide bonds. The number of nitrogens with one attached hydrogen (secondary N) is 2. The summed E-state index contributed by atoms with van der Waals surface area (Å²) in [5.41, 5.74) is 1.12. The maximum atomic E-state index is 5.68. The molecule has 1 unspecified atom stereocenters. The normalized spacial score (nSPS) is 15.1. The zero-order valence-corrected chi connectivity index (χ0v) is 20.2. The standard InChI is InChI=1S/C21H37N5O.HI/c1-5-26(6-2)13-7-8-17(3)25-21(22-4)24-15-19-11-12-20(23-14-19)27-16-18-9-10-18;/h11-12,14,17-18H,5-10,13,15-16H2,1-4H3,(H2,22,24,25);1H. The number of ether oxygens (including phenoxy) is 1. The van der Waals surface area contributed by atoms with Crippen molar-refractivity contribution in [1.82, 2.24) is 20.5 Å². The maximum Gasteiger partial charge on any atom is 0.213 e. The summed E-state index contributed by atoms with van der Waals surface area (Å²) < 4.78 is 5.68. The average molecular weight is 503 g/mol. The van der Waals surface area contributed by atoms with Crippen LogP contribution in [0.25, 0.3) is 0 Å². The van der Waals surface area contributed by atoms with Crippen molar-refractivity contribution in [2.75, 3.05) is 33.3 Å². The number of halogens is 1. The lowest BCUT2D eigenvalue weighted by atomic mass is 10.2. The lowest BCUT2D eigenvalue weighted by Crippen LogP contribution is -2.42. The summed E-state index contributed by atoms with van der Waals surface area (Å²) >= 11 is 0. The molecule has 0 radical (unpaired) electrons. The molecule has 2 N–H and O–H groups in total. The average Bonchev–Trinajstić information content (AvgIpc) is 3.52. The first-order valence-corrected chi connectivity index (χ1v) is 10.4. The Morgan fingerprint density at radius 1 is 1.32 bits per heavy atom. The summed E-state index contributed by atoms with van der Waals surface area (Å²) in [5.74, 6) is 2.30. The lowest BCUT2D eigenvalue weighted by molar-refractivity contribution is 0.288. The van der Waals surface area contributed by atoms with Crippen molar-refractivity contribution in [3.05, 3.63) is 23.9 Å². The van der Waals surface area contributed by atoms with Crippen LogP contribution in [0.1, 0.15) is 52.0 Å². The fourth-order valence-corrected chi connectivity index (χ4v) is 2.94. The molecule has 0 bridgehead atoms. The second-order valence-corrected chi connectivity index (χ2v) is 7.40. The predicted molar refractivity (Wildman–Crippen MR) is 128 cm³/mol. The molecule has 1 aliphatic carbocycles. The molecule has 1 fully saturated rings. The zero-order valence-electron chi connectivity index (χ0n) is 17.9.